The van der Waals surface area contributed by atoms with Crippen LogP contribution in [0.2, 0.25) is 0 Å². The molecule has 0 aliphatic rings. The highest BCUT2D eigenvalue weighted by atomic mass is 79.9. The standard InChI is InChI=1S/C30H28BrF6N3O3S/c1-29(2,34)15-26(28(41)39-21(16-38)14-23-24(32)12-20(31)13-25(23)33)40-27(30(35,36)37)19-6-4-17(5-7-19)18-8-10-22(11-9-18)44(3,42)43/h4-13,21,26-27,40H,14-15H2,1-3H3,(H,39,41)/t21-,26-,27-/m0/s1. The Morgan fingerprint density at radius 3 is 1.89 bits per heavy atom. The van der Waals surface area contributed by atoms with Crippen LogP contribution in [-0.2, 0) is 21.1 Å². The van der Waals surface area contributed by atoms with E-state index < -0.39 is 75.8 Å². The van der Waals surface area contributed by atoms with Crippen molar-refractivity contribution >= 4 is 31.7 Å². The van der Waals surface area contributed by atoms with E-state index in [4.69, 9.17) is 0 Å². The molecule has 3 rings (SSSR count). The van der Waals surface area contributed by atoms with Crippen molar-refractivity contribution in [2.75, 3.05) is 6.26 Å². The summed E-state index contributed by atoms with van der Waals surface area (Å²) in [6.45, 7) is 2.13. The number of nitrogens with zero attached hydrogens (tertiary/aromatic N) is 1. The van der Waals surface area contributed by atoms with Crippen molar-refractivity contribution in [3.8, 4) is 17.2 Å². The Morgan fingerprint density at radius 1 is 0.955 bits per heavy atom. The van der Waals surface area contributed by atoms with Crippen molar-refractivity contribution in [3.63, 3.8) is 0 Å². The molecule has 0 fully saturated rings. The molecule has 0 unspecified atom stereocenters. The molecule has 0 heterocycles. The van der Waals surface area contributed by atoms with Crippen molar-refractivity contribution in [2.24, 2.45) is 0 Å². The summed E-state index contributed by atoms with van der Waals surface area (Å²) in [7, 11) is -3.44. The largest absolute Gasteiger partial charge is 0.407 e. The number of rotatable bonds is 11. The summed E-state index contributed by atoms with van der Waals surface area (Å²) in [4.78, 5) is 13.2. The first-order valence-corrected chi connectivity index (χ1v) is 15.7. The van der Waals surface area contributed by atoms with Crippen LogP contribution in [0.3, 0.4) is 0 Å². The molecule has 14 heteroatoms. The van der Waals surface area contributed by atoms with Gasteiger partial charge in [-0.2, -0.15) is 18.4 Å². The smallest absolute Gasteiger partial charge is 0.339 e. The number of benzene rings is 3. The Labute approximate surface area is 259 Å². The van der Waals surface area contributed by atoms with Crippen LogP contribution in [0, 0.1) is 23.0 Å². The molecular weight excluding hydrogens is 676 g/mol. The second kappa shape index (κ2) is 13.7. The molecule has 0 spiro atoms. The number of carbonyl (C=O) groups is 1. The molecule has 2 N–H and O–H groups in total. The molecule has 0 aromatic heterocycles. The zero-order chi connectivity index (χ0) is 33.0. The van der Waals surface area contributed by atoms with Crippen LogP contribution < -0.4 is 10.6 Å². The number of amides is 1. The van der Waals surface area contributed by atoms with Gasteiger partial charge in [-0.05, 0) is 54.8 Å². The summed E-state index contributed by atoms with van der Waals surface area (Å²) in [6.07, 6.45) is -5.26. The maximum Gasteiger partial charge on any atom is 0.407 e. The fourth-order valence-corrected chi connectivity index (χ4v) is 5.46. The Kier molecular flexibility index (Phi) is 10.9. The van der Waals surface area contributed by atoms with Gasteiger partial charge in [0.25, 0.3) is 0 Å². The minimum atomic E-state index is -4.95. The lowest BCUT2D eigenvalue weighted by Crippen LogP contribution is -2.53. The lowest BCUT2D eigenvalue weighted by molar-refractivity contribution is -0.161. The zero-order valence-electron chi connectivity index (χ0n) is 23.6. The fourth-order valence-electron chi connectivity index (χ4n) is 4.43. The molecule has 0 radical (unpaired) electrons. The van der Waals surface area contributed by atoms with Gasteiger partial charge in [0, 0.05) is 29.1 Å². The zero-order valence-corrected chi connectivity index (χ0v) is 26.0. The summed E-state index contributed by atoms with van der Waals surface area (Å²) >= 11 is 2.93. The van der Waals surface area contributed by atoms with Gasteiger partial charge in [0.1, 0.15) is 29.4 Å². The lowest BCUT2D eigenvalue weighted by atomic mass is 9.96. The van der Waals surface area contributed by atoms with E-state index in [9.17, 15) is 44.8 Å². The van der Waals surface area contributed by atoms with Crippen LogP contribution in [0.1, 0.15) is 37.4 Å². The number of sulfone groups is 1. The van der Waals surface area contributed by atoms with Gasteiger partial charge < -0.3 is 5.32 Å². The van der Waals surface area contributed by atoms with E-state index in [1.54, 1.807) is 6.07 Å². The Hall–Kier alpha value is -3.41. The number of alkyl halides is 4. The topological polar surface area (TPSA) is 99.1 Å². The van der Waals surface area contributed by atoms with E-state index in [0.717, 1.165) is 44.4 Å². The second-order valence-electron chi connectivity index (χ2n) is 10.8. The highest BCUT2D eigenvalue weighted by molar-refractivity contribution is 9.10. The number of hydrogen-bond donors (Lipinski definition) is 2. The predicted octanol–water partition coefficient (Wildman–Crippen LogP) is 6.75. The van der Waals surface area contributed by atoms with Gasteiger partial charge in [-0.15, -0.1) is 0 Å². The van der Waals surface area contributed by atoms with E-state index in [0.29, 0.717) is 11.1 Å². The molecular formula is C30H28BrF6N3O3S. The molecule has 44 heavy (non-hydrogen) atoms. The van der Waals surface area contributed by atoms with E-state index in [1.807, 2.05) is 0 Å². The van der Waals surface area contributed by atoms with Crippen LogP contribution >= 0.6 is 15.9 Å². The van der Waals surface area contributed by atoms with E-state index in [1.165, 1.54) is 36.4 Å². The Morgan fingerprint density at radius 2 is 1.45 bits per heavy atom. The number of carbonyl (C=O) groups excluding carboxylic acids is 1. The lowest BCUT2D eigenvalue weighted by Gasteiger charge is -2.30. The van der Waals surface area contributed by atoms with Gasteiger partial charge in [-0.25, -0.2) is 21.6 Å². The molecule has 0 bridgehead atoms. The molecule has 3 aromatic rings. The van der Waals surface area contributed by atoms with Crippen molar-refractivity contribution in [2.45, 2.75) is 61.6 Å². The van der Waals surface area contributed by atoms with Gasteiger partial charge >= 0.3 is 6.18 Å². The summed E-state index contributed by atoms with van der Waals surface area (Å²) in [5.74, 6) is -3.17. The molecule has 3 aromatic carbocycles. The maximum absolute atomic E-state index is 14.7. The first kappa shape index (κ1) is 35.1. The van der Waals surface area contributed by atoms with Crippen LogP contribution in [-0.4, -0.2) is 44.5 Å². The molecule has 236 valence electrons. The molecule has 0 saturated carbocycles. The molecule has 0 saturated heterocycles. The summed E-state index contributed by atoms with van der Waals surface area (Å²) in [5.41, 5.74) is -1.93. The first-order chi connectivity index (χ1) is 20.3. The maximum atomic E-state index is 14.7. The summed E-state index contributed by atoms with van der Waals surface area (Å²) in [6, 6.07) is 8.62. The number of hydrogen-bond acceptors (Lipinski definition) is 5. The summed E-state index contributed by atoms with van der Waals surface area (Å²) < 4.78 is 110. The van der Waals surface area contributed by atoms with Crippen molar-refractivity contribution in [3.05, 3.63) is 87.9 Å². The highest BCUT2D eigenvalue weighted by Crippen LogP contribution is 2.35. The predicted molar refractivity (Wildman–Crippen MR) is 156 cm³/mol. The molecule has 0 aliphatic carbocycles. The third kappa shape index (κ3) is 9.54. The van der Waals surface area contributed by atoms with Crippen molar-refractivity contribution in [1.82, 2.24) is 10.6 Å². The third-order valence-corrected chi connectivity index (χ3v) is 8.13. The van der Waals surface area contributed by atoms with E-state index >= 15 is 0 Å². The van der Waals surface area contributed by atoms with Gasteiger partial charge in [-0.1, -0.05) is 52.3 Å². The van der Waals surface area contributed by atoms with Crippen molar-refractivity contribution in [1.29, 1.82) is 5.26 Å². The number of nitrogens with one attached hydrogen (secondary N) is 2. The molecule has 1 amide bonds. The number of halogens is 7. The average Bonchev–Trinajstić information content (AvgIpc) is 2.90. The monoisotopic (exact) mass is 703 g/mol. The van der Waals surface area contributed by atoms with Gasteiger partial charge in [-0.3, -0.25) is 10.1 Å². The van der Waals surface area contributed by atoms with Gasteiger partial charge in [0.2, 0.25) is 5.91 Å². The highest BCUT2D eigenvalue weighted by Gasteiger charge is 2.44. The molecule has 6 nitrogen and oxygen atoms in total. The van der Waals surface area contributed by atoms with Crippen LogP contribution in [0.5, 0.6) is 0 Å². The molecule has 3 atom stereocenters. The second-order valence-corrected chi connectivity index (χ2v) is 13.7. The average molecular weight is 705 g/mol. The summed E-state index contributed by atoms with van der Waals surface area (Å²) in [5, 5.41) is 13.9. The van der Waals surface area contributed by atoms with E-state index in [2.05, 4.69) is 26.6 Å². The van der Waals surface area contributed by atoms with E-state index in [-0.39, 0.29) is 14.9 Å². The SMILES string of the molecule is CC(C)(F)C[C@H](N[C@@H](c1ccc(-c2ccc(S(C)(=O)=O)cc2)cc1)C(F)(F)F)C(=O)N[C@H](C#N)Cc1c(F)cc(Br)cc1F. The van der Waals surface area contributed by atoms with Gasteiger partial charge in [0.05, 0.1) is 17.0 Å². The minimum absolute atomic E-state index is 0.0741. The van der Waals surface area contributed by atoms with Gasteiger partial charge in [0.15, 0.2) is 9.84 Å². The third-order valence-electron chi connectivity index (χ3n) is 6.55. The fraction of sp³-hybridized carbons (Fsp3) is 0.333. The Bertz CT molecular complexity index is 1610. The van der Waals surface area contributed by atoms with Crippen LogP contribution in [0.25, 0.3) is 11.1 Å². The normalized spacial score (nSPS) is 14.4. The van der Waals surface area contributed by atoms with Crippen LogP contribution in [0.4, 0.5) is 26.3 Å². The van der Waals surface area contributed by atoms with Crippen molar-refractivity contribution < 1.29 is 39.6 Å². The van der Waals surface area contributed by atoms with Crippen LogP contribution in [0.15, 0.2) is 70.0 Å². The Balaban J connectivity index is 1.87. The quantitative estimate of drug-likeness (QED) is 0.216. The first-order valence-electron chi connectivity index (χ1n) is 13.0. The minimum Gasteiger partial charge on any atom is -0.339 e. The number of nitriles is 1. The molecule has 0 aliphatic heterocycles.